The second-order valence-electron chi connectivity index (χ2n) is 6.46. The van der Waals surface area contributed by atoms with Gasteiger partial charge in [0.15, 0.2) is 0 Å². The van der Waals surface area contributed by atoms with Gasteiger partial charge in [0.1, 0.15) is 0 Å². The van der Waals surface area contributed by atoms with Gasteiger partial charge in [0.25, 0.3) is 11.8 Å². The minimum Gasteiger partial charge on any atom is -0.335 e. The number of rotatable bonds is 2. The van der Waals surface area contributed by atoms with Crippen LogP contribution in [-0.4, -0.2) is 66.4 Å². The number of pyridine rings is 1. The van der Waals surface area contributed by atoms with Gasteiger partial charge in [-0.05, 0) is 25.2 Å². The maximum absolute atomic E-state index is 12.8. The van der Waals surface area contributed by atoms with E-state index in [1.165, 1.54) is 11.3 Å². The highest BCUT2D eigenvalue weighted by molar-refractivity contribution is 7.14. The highest BCUT2D eigenvalue weighted by Crippen LogP contribution is 2.37. The van der Waals surface area contributed by atoms with E-state index in [0.717, 1.165) is 48.0 Å². The van der Waals surface area contributed by atoms with Crippen LogP contribution in [0.5, 0.6) is 0 Å². The Balaban J connectivity index is 1.54. The summed E-state index contributed by atoms with van der Waals surface area (Å²) in [5, 5.41) is 0. The van der Waals surface area contributed by atoms with E-state index in [0.29, 0.717) is 12.1 Å². The van der Waals surface area contributed by atoms with Gasteiger partial charge < -0.3 is 14.7 Å². The van der Waals surface area contributed by atoms with Gasteiger partial charge in [-0.25, -0.2) is 0 Å². The number of hydrogen-bond donors (Lipinski definition) is 0. The number of amides is 2. The summed E-state index contributed by atoms with van der Waals surface area (Å²) in [6, 6.07) is 5.43. The third-order valence-electron chi connectivity index (χ3n) is 4.79. The fourth-order valence-electron chi connectivity index (χ4n) is 3.29. The predicted octanol–water partition coefficient (Wildman–Crippen LogP) is 1.73. The first-order valence-corrected chi connectivity index (χ1v) is 9.27. The SMILES string of the molecule is CN1CCN(C(=O)c2cc3c(s2)CCN3C(=O)c2cccnc2)CC1. The summed E-state index contributed by atoms with van der Waals surface area (Å²) < 4.78 is 0. The van der Waals surface area contributed by atoms with E-state index in [4.69, 9.17) is 0 Å². The number of fused-ring (bicyclic) bond motifs is 1. The highest BCUT2D eigenvalue weighted by Gasteiger charge is 2.31. The summed E-state index contributed by atoms with van der Waals surface area (Å²) in [5.74, 6) is 0.0320. The molecule has 2 aliphatic heterocycles. The van der Waals surface area contributed by atoms with Crippen molar-refractivity contribution >= 4 is 28.8 Å². The highest BCUT2D eigenvalue weighted by atomic mass is 32.1. The summed E-state index contributed by atoms with van der Waals surface area (Å²) >= 11 is 1.53. The van der Waals surface area contributed by atoms with Gasteiger partial charge in [-0.1, -0.05) is 0 Å². The van der Waals surface area contributed by atoms with Crippen LogP contribution in [0.2, 0.25) is 0 Å². The van der Waals surface area contributed by atoms with Gasteiger partial charge in [0.2, 0.25) is 0 Å². The Labute approximate surface area is 150 Å². The van der Waals surface area contributed by atoms with Crippen molar-refractivity contribution in [2.75, 3.05) is 44.7 Å². The molecule has 0 radical (unpaired) electrons. The maximum Gasteiger partial charge on any atom is 0.264 e. The fraction of sp³-hybridized carbons (Fsp3) is 0.389. The van der Waals surface area contributed by atoms with E-state index in [-0.39, 0.29) is 11.8 Å². The molecule has 1 fully saturated rings. The lowest BCUT2D eigenvalue weighted by Crippen LogP contribution is -2.46. The van der Waals surface area contributed by atoms with Crippen LogP contribution >= 0.6 is 11.3 Å². The largest absolute Gasteiger partial charge is 0.335 e. The van der Waals surface area contributed by atoms with E-state index < -0.39 is 0 Å². The molecule has 2 amide bonds. The molecule has 0 saturated carbocycles. The molecule has 0 spiro atoms. The molecular weight excluding hydrogens is 336 g/mol. The first kappa shape index (κ1) is 16.2. The molecule has 2 aromatic heterocycles. The van der Waals surface area contributed by atoms with Crippen molar-refractivity contribution in [1.82, 2.24) is 14.8 Å². The molecule has 6 nitrogen and oxygen atoms in total. The Kier molecular flexibility index (Phi) is 4.27. The average molecular weight is 356 g/mol. The first-order valence-electron chi connectivity index (χ1n) is 8.46. The quantitative estimate of drug-likeness (QED) is 0.822. The average Bonchev–Trinajstić information content (AvgIpc) is 3.22. The lowest BCUT2D eigenvalue weighted by atomic mass is 10.2. The zero-order valence-corrected chi connectivity index (χ0v) is 15.0. The fourth-order valence-corrected chi connectivity index (χ4v) is 4.41. The minimum atomic E-state index is -0.0525. The molecule has 4 heterocycles. The standard InChI is InChI=1S/C18H20N4O2S/c1-20-7-9-21(10-8-20)18(24)16-11-14-15(25-16)4-6-22(14)17(23)13-3-2-5-19-12-13/h2-3,5,11-12H,4,6-10H2,1H3. The summed E-state index contributed by atoms with van der Waals surface area (Å²) in [5.41, 5.74) is 1.46. The Morgan fingerprint density at radius 3 is 2.64 bits per heavy atom. The Hall–Kier alpha value is -2.25. The molecule has 1 saturated heterocycles. The van der Waals surface area contributed by atoms with Gasteiger partial charge in [0.05, 0.1) is 16.1 Å². The van der Waals surface area contributed by atoms with Crippen LogP contribution in [0.1, 0.15) is 24.9 Å². The lowest BCUT2D eigenvalue weighted by molar-refractivity contribution is 0.0668. The van der Waals surface area contributed by atoms with Crippen LogP contribution in [0.25, 0.3) is 0 Å². The number of hydrogen-bond acceptors (Lipinski definition) is 5. The summed E-state index contributed by atoms with van der Waals surface area (Å²) in [4.78, 5) is 37.3. The zero-order chi connectivity index (χ0) is 17.4. The molecule has 25 heavy (non-hydrogen) atoms. The number of carbonyl (C=O) groups excluding carboxylic acids is 2. The van der Waals surface area contributed by atoms with E-state index in [2.05, 4.69) is 16.9 Å². The van der Waals surface area contributed by atoms with Gasteiger partial charge in [0, 0.05) is 56.4 Å². The zero-order valence-electron chi connectivity index (χ0n) is 14.1. The van der Waals surface area contributed by atoms with E-state index in [9.17, 15) is 9.59 Å². The van der Waals surface area contributed by atoms with Gasteiger partial charge in [-0.2, -0.15) is 0 Å². The first-order chi connectivity index (χ1) is 12.1. The molecule has 4 rings (SSSR count). The number of thiophene rings is 1. The van der Waals surface area contributed by atoms with Crippen molar-refractivity contribution < 1.29 is 9.59 Å². The molecule has 130 valence electrons. The third-order valence-corrected chi connectivity index (χ3v) is 5.97. The van der Waals surface area contributed by atoms with E-state index >= 15 is 0 Å². The van der Waals surface area contributed by atoms with Crippen LogP contribution in [0.4, 0.5) is 5.69 Å². The van der Waals surface area contributed by atoms with Crippen molar-refractivity contribution in [2.24, 2.45) is 0 Å². The molecule has 2 aromatic rings. The molecule has 0 bridgehead atoms. The second-order valence-corrected chi connectivity index (χ2v) is 7.60. The van der Waals surface area contributed by atoms with E-state index in [1.807, 2.05) is 11.0 Å². The number of piperazine rings is 1. The maximum atomic E-state index is 12.8. The molecule has 0 N–H and O–H groups in total. The number of anilines is 1. The van der Waals surface area contributed by atoms with Crippen molar-refractivity contribution in [1.29, 1.82) is 0 Å². The number of carbonyl (C=O) groups is 2. The Morgan fingerprint density at radius 1 is 1.12 bits per heavy atom. The van der Waals surface area contributed by atoms with Crippen LogP contribution in [0.15, 0.2) is 30.6 Å². The monoisotopic (exact) mass is 356 g/mol. The summed E-state index contributed by atoms with van der Waals surface area (Å²) in [7, 11) is 2.07. The van der Waals surface area contributed by atoms with Crippen LogP contribution in [0, 0.1) is 0 Å². The van der Waals surface area contributed by atoms with Gasteiger partial charge >= 0.3 is 0 Å². The predicted molar refractivity (Wildman–Crippen MR) is 97.3 cm³/mol. The van der Waals surface area contributed by atoms with E-state index in [1.54, 1.807) is 29.4 Å². The Morgan fingerprint density at radius 2 is 1.92 bits per heavy atom. The topological polar surface area (TPSA) is 56.8 Å². The van der Waals surface area contributed by atoms with Crippen molar-refractivity contribution in [3.63, 3.8) is 0 Å². The summed E-state index contributed by atoms with van der Waals surface area (Å²) in [6.07, 6.45) is 4.05. The molecule has 7 heteroatoms. The number of aromatic nitrogens is 1. The normalized spacial score (nSPS) is 17.6. The molecular formula is C18H20N4O2S. The molecule has 0 aromatic carbocycles. The molecule has 2 aliphatic rings. The lowest BCUT2D eigenvalue weighted by Gasteiger charge is -2.32. The third kappa shape index (κ3) is 3.05. The van der Waals surface area contributed by atoms with Gasteiger partial charge in [-0.15, -0.1) is 11.3 Å². The second kappa shape index (κ2) is 6.57. The van der Waals surface area contributed by atoms with Crippen molar-refractivity contribution in [2.45, 2.75) is 6.42 Å². The molecule has 0 aliphatic carbocycles. The van der Waals surface area contributed by atoms with Gasteiger partial charge in [-0.3, -0.25) is 14.6 Å². The molecule has 0 atom stereocenters. The van der Waals surface area contributed by atoms with Crippen molar-refractivity contribution in [3.05, 3.63) is 45.9 Å². The minimum absolute atomic E-state index is 0.0525. The number of likely N-dealkylation sites (N-methyl/N-ethyl adjacent to an activating group) is 1. The Bertz CT molecular complexity index is 797. The summed E-state index contributed by atoms with van der Waals surface area (Å²) in [6.45, 7) is 4.00. The number of nitrogens with zero attached hydrogens (tertiary/aromatic N) is 4. The van der Waals surface area contributed by atoms with Crippen LogP contribution in [0.3, 0.4) is 0 Å². The molecule has 0 unspecified atom stereocenters. The smallest absolute Gasteiger partial charge is 0.264 e. The van der Waals surface area contributed by atoms with Crippen LogP contribution in [-0.2, 0) is 6.42 Å². The van der Waals surface area contributed by atoms with Crippen molar-refractivity contribution in [3.8, 4) is 0 Å². The van der Waals surface area contributed by atoms with Crippen LogP contribution < -0.4 is 4.90 Å².